The first-order valence-electron chi connectivity index (χ1n) is 8.83. The first kappa shape index (κ1) is 21.0. The molecule has 0 aliphatic heterocycles. The summed E-state index contributed by atoms with van der Waals surface area (Å²) in [5.74, 6) is -1.23. The third-order valence-corrected chi connectivity index (χ3v) is 4.00. The van der Waals surface area contributed by atoms with Gasteiger partial charge in [0, 0.05) is 5.92 Å². The molecular weight excluding hydrogens is 362 g/mol. The van der Waals surface area contributed by atoms with Gasteiger partial charge in [-0.05, 0) is 49.2 Å². The quantitative estimate of drug-likeness (QED) is 0.401. The SMILES string of the molecule is O=C(O)C(=O)O.c1ccc(CC(CCNCc2ccco2)c2ccco2)cc1. The van der Waals surface area contributed by atoms with Crippen LogP contribution in [0.2, 0.25) is 0 Å². The highest BCUT2D eigenvalue weighted by atomic mass is 16.4. The van der Waals surface area contributed by atoms with Crippen LogP contribution in [0.15, 0.2) is 76.0 Å². The first-order valence-corrected chi connectivity index (χ1v) is 8.83. The molecule has 0 aliphatic rings. The summed E-state index contributed by atoms with van der Waals surface area (Å²) in [4.78, 5) is 18.2. The number of furan rings is 2. The number of carboxylic acids is 2. The van der Waals surface area contributed by atoms with Gasteiger partial charge in [-0.15, -0.1) is 0 Å². The predicted molar refractivity (Wildman–Crippen MR) is 102 cm³/mol. The van der Waals surface area contributed by atoms with Gasteiger partial charge in [0.05, 0.1) is 19.1 Å². The maximum absolute atomic E-state index is 9.10. The van der Waals surface area contributed by atoms with Crippen LogP contribution in [0.3, 0.4) is 0 Å². The van der Waals surface area contributed by atoms with Crippen molar-refractivity contribution in [1.82, 2.24) is 5.32 Å². The lowest BCUT2D eigenvalue weighted by molar-refractivity contribution is -0.159. The minimum atomic E-state index is -1.82. The fourth-order valence-electron chi connectivity index (χ4n) is 2.67. The van der Waals surface area contributed by atoms with Crippen LogP contribution >= 0.6 is 0 Å². The van der Waals surface area contributed by atoms with E-state index in [2.05, 4.69) is 41.7 Å². The zero-order chi connectivity index (χ0) is 20.2. The van der Waals surface area contributed by atoms with E-state index >= 15 is 0 Å². The van der Waals surface area contributed by atoms with E-state index in [0.29, 0.717) is 5.92 Å². The van der Waals surface area contributed by atoms with Crippen molar-refractivity contribution in [2.45, 2.75) is 25.3 Å². The van der Waals surface area contributed by atoms with Crippen LogP contribution in [-0.2, 0) is 22.6 Å². The van der Waals surface area contributed by atoms with Gasteiger partial charge >= 0.3 is 11.9 Å². The second-order valence-corrected chi connectivity index (χ2v) is 6.06. The molecule has 2 heterocycles. The van der Waals surface area contributed by atoms with Crippen LogP contribution in [0.5, 0.6) is 0 Å². The maximum Gasteiger partial charge on any atom is 0.414 e. The zero-order valence-electron chi connectivity index (χ0n) is 15.3. The topological polar surface area (TPSA) is 113 Å². The number of benzene rings is 1. The lowest BCUT2D eigenvalue weighted by Gasteiger charge is -2.15. The van der Waals surface area contributed by atoms with Crippen LogP contribution in [-0.4, -0.2) is 28.7 Å². The normalized spacial score (nSPS) is 11.3. The Labute approximate surface area is 162 Å². The lowest BCUT2D eigenvalue weighted by atomic mass is 9.94. The van der Waals surface area contributed by atoms with E-state index in [-0.39, 0.29) is 0 Å². The predicted octanol–water partition coefficient (Wildman–Crippen LogP) is 3.53. The summed E-state index contributed by atoms with van der Waals surface area (Å²) < 4.78 is 11.0. The molecule has 28 heavy (non-hydrogen) atoms. The van der Waals surface area contributed by atoms with Crippen molar-refractivity contribution in [3.05, 3.63) is 84.2 Å². The molecule has 0 aliphatic carbocycles. The molecule has 148 valence electrons. The second kappa shape index (κ2) is 11.4. The molecule has 2 aromatic heterocycles. The number of aliphatic carboxylic acids is 2. The Morgan fingerprint density at radius 3 is 2.14 bits per heavy atom. The van der Waals surface area contributed by atoms with Crippen LogP contribution in [0.4, 0.5) is 0 Å². The molecule has 3 N–H and O–H groups in total. The molecule has 3 rings (SSSR count). The third-order valence-electron chi connectivity index (χ3n) is 4.00. The van der Waals surface area contributed by atoms with E-state index in [1.54, 1.807) is 12.5 Å². The number of hydrogen-bond acceptors (Lipinski definition) is 5. The van der Waals surface area contributed by atoms with Gasteiger partial charge < -0.3 is 24.4 Å². The summed E-state index contributed by atoms with van der Waals surface area (Å²) in [6, 6.07) is 18.5. The summed E-state index contributed by atoms with van der Waals surface area (Å²) in [6.45, 7) is 1.70. The highest BCUT2D eigenvalue weighted by molar-refractivity contribution is 6.27. The smallest absolute Gasteiger partial charge is 0.414 e. The average molecular weight is 385 g/mol. The monoisotopic (exact) mass is 385 g/mol. The molecule has 0 amide bonds. The number of carbonyl (C=O) groups is 2. The number of nitrogens with one attached hydrogen (secondary N) is 1. The minimum absolute atomic E-state index is 0.390. The maximum atomic E-state index is 9.10. The summed E-state index contributed by atoms with van der Waals surface area (Å²) >= 11 is 0. The van der Waals surface area contributed by atoms with Gasteiger partial charge in [0.25, 0.3) is 0 Å². The van der Waals surface area contributed by atoms with Crippen molar-refractivity contribution < 1.29 is 28.6 Å². The van der Waals surface area contributed by atoms with E-state index in [1.165, 1.54) is 5.56 Å². The minimum Gasteiger partial charge on any atom is -0.473 e. The largest absolute Gasteiger partial charge is 0.473 e. The van der Waals surface area contributed by atoms with Crippen molar-refractivity contribution in [3.63, 3.8) is 0 Å². The van der Waals surface area contributed by atoms with Crippen LogP contribution in [0, 0.1) is 0 Å². The molecule has 0 saturated heterocycles. The number of rotatable bonds is 8. The molecule has 7 nitrogen and oxygen atoms in total. The van der Waals surface area contributed by atoms with Gasteiger partial charge in [-0.3, -0.25) is 0 Å². The molecule has 0 saturated carbocycles. The Balaban J connectivity index is 0.000000409. The molecular formula is C21H23NO6. The number of carboxylic acid groups (broad SMARTS) is 2. The van der Waals surface area contributed by atoms with Gasteiger partial charge in [-0.25, -0.2) is 9.59 Å². The highest BCUT2D eigenvalue weighted by Crippen LogP contribution is 2.24. The average Bonchev–Trinajstić information content (AvgIpc) is 3.39. The summed E-state index contributed by atoms with van der Waals surface area (Å²) in [5.41, 5.74) is 1.34. The Morgan fingerprint density at radius 1 is 0.893 bits per heavy atom. The van der Waals surface area contributed by atoms with Gasteiger partial charge in [0.2, 0.25) is 0 Å². The van der Waals surface area contributed by atoms with E-state index in [1.807, 2.05) is 18.2 Å². The first-order chi connectivity index (χ1) is 13.6. The van der Waals surface area contributed by atoms with E-state index in [4.69, 9.17) is 28.6 Å². The van der Waals surface area contributed by atoms with Crippen molar-refractivity contribution in [3.8, 4) is 0 Å². The zero-order valence-corrected chi connectivity index (χ0v) is 15.3. The fourth-order valence-corrected chi connectivity index (χ4v) is 2.67. The van der Waals surface area contributed by atoms with Crippen LogP contribution in [0.1, 0.15) is 29.4 Å². The molecule has 7 heteroatoms. The molecule has 0 bridgehead atoms. The third kappa shape index (κ3) is 7.51. The Morgan fingerprint density at radius 2 is 1.57 bits per heavy atom. The van der Waals surface area contributed by atoms with Crippen molar-refractivity contribution in [2.24, 2.45) is 0 Å². The number of hydrogen-bond donors (Lipinski definition) is 3. The Kier molecular flexibility index (Phi) is 8.55. The Hall–Kier alpha value is -3.32. The fraction of sp³-hybridized carbons (Fsp3) is 0.238. The molecule has 0 fully saturated rings. The van der Waals surface area contributed by atoms with Crippen LogP contribution < -0.4 is 5.32 Å². The van der Waals surface area contributed by atoms with Gasteiger partial charge in [0.1, 0.15) is 11.5 Å². The second-order valence-electron chi connectivity index (χ2n) is 6.06. The summed E-state index contributed by atoms with van der Waals surface area (Å²) in [7, 11) is 0. The van der Waals surface area contributed by atoms with E-state index in [9.17, 15) is 0 Å². The van der Waals surface area contributed by atoms with Crippen molar-refractivity contribution in [1.29, 1.82) is 0 Å². The van der Waals surface area contributed by atoms with Gasteiger partial charge in [-0.1, -0.05) is 30.3 Å². The summed E-state index contributed by atoms with van der Waals surface area (Å²) in [6.07, 6.45) is 5.49. The van der Waals surface area contributed by atoms with Crippen molar-refractivity contribution >= 4 is 11.9 Å². The van der Waals surface area contributed by atoms with Gasteiger partial charge in [0.15, 0.2) is 0 Å². The van der Waals surface area contributed by atoms with Crippen molar-refractivity contribution in [2.75, 3.05) is 6.54 Å². The van der Waals surface area contributed by atoms with Gasteiger partial charge in [-0.2, -0.15) is 0 Å². The molecule has 1 atom stereocenters. The molecule has 0 radical (unpaired) electrons. The van der Waals surface area contributed by atoms with E-state index in [0.717, 1.165) is 37.5 Å². The molecule has 3 aromatic rings. The molecule has 1 aromatic carbocycles. The van der Waals surface area contributed by atoms with E-state index < -0.39 is 11.9 Å². The highest BCUT2D eigenvalue weighted by Gasteiger charge is 2.15. The molecule has 0 spiro atoms. The van der Waals surface area contributed by atoms with Crippen LogP contribution in [0.25, 0.3) is 0 Å². The lowest BCUT2D eigenvalue weighted by Crippen LogP contribution is -2.17. The summed E-state index contributed by atoms with van der Waals surface area (Å²) in [5, 5.41) is 18.2. The molecule has 1 unspecified atom stereocenters. The Bertz CT molecular complexity index is 800. The standard InChI is InChI=1S/C19H21NO2.C2H2O4/c1-2-6-16(7-3-1)14-17(19-9-5-13-22-19)10-11-20-15-18-8-4-12-21-18;3-1(4)2(5)6/h1-9,12-13,17,20H,10-11,14-15H2;(H,3,4)(H,5,6).